The van der Waals surface area contributed by atoms with Gasteiger partial charge in [-0.1, -0.05) is 24.3 Å². The minimum Gasteiger partial charge on any atom is -0.311 e. The van der Waals surface area contributed by atoms with Crippen molar-refractivity contribution in [3.8, 4) is 0 Å². The van der Waals surface area contributed by atoms with E-state index in [-0.39, 0.29) is 0 Å². The number of hydrogen-bond acceptors (Lipinski definition) is 2. The molecule has 4 rings (SSSR count). The van der Waals surface area contributed by atoms with E-state index in [9.17, 15) is 0 Å². The van der Waals surface area contributed by atoms with Crippen molar-refractivity contribution in [2.45, 2.75) is 49.9 Å². The van der Waals surface area contributed by atoms with E-state index in [2.05, 4.69) is 39.0 Å². The van der Waals surface area contributed by atoms with Crippen LogP contribution in [0.3, 0.4) is 0 Å². The standard InChI is InChI=1S/C16H18ClN3/c17-10-15-18-19-16(20(15)14-7-8-14)13-6-5-11-3-1-2-4-12(11)9-13/h1-4,13-14H,5-10H2. The van der Waals surface area contributed by atoms with Crippen molar-refractivity contribution in [1.82, 2.24) is 14.8 Å². The van der Waals surface area contributed by atoms with Crippen molar-refractivity contribution in [2.24, 2.45) is 0 Å². The Morgan fingerprint density at radius 3 is 2.65 bits per heavy atom. The number of aromatic nitrogens is 3. The lowest BCUT2D eigenvalue weighted by Gasteiger charge is -2.24. The van der Waals surface area contributed by atoms with Gasteiger partial charge in [0.25, 0.3) is 0 Å². The van der Waals surface area contributed by atoms with Gasteiger partial charge in [0.15, 0.2) is 0 Å². The summed E-state index contributed by atoms with van der Waals surface area (Å²) >= 11 is 6.01. The molecule has 104 valence electrons. The Kier molecular flexibility index (Phi) is 3.03. The number of hydrogen-bond donors (Lipinski definition) is 0. The van der Waals surface area contributed by atoms with Gasteiger partial charge in [-0.25, -0.2) is 0 Å². The van der Waals surface area contributed by atoms with Crippen LogP contribution in [0.15, 0.2) is 24.3 Å². The molecule has 0 saturated heterocycles. The summed E-state index contributed by atoms with van der Waals surface area (Å²) in [4.78, 5) is 0. The predicted molar refractivity (Wildman–Crippen MR) is 79.1 cm³/mol. The molecule has 1 aromatic heterocycles. The Labute approximate surface area is 124 Å². The van der Waals surface area contributed by atoms with Crippen LogP contribution >= 0.6 is 11.6 Å². The SMILES string of the molecule is ClCc1nnc(C2CCc3ccccc3C2)n1C1CC1. The topological polar surface area (TPSA) is 30.7 Å². The number of alkyl halides is 1. The first-order valence-electron chi connectivity index (χ1n) is 7.43. The van der Waals surface area contributed by atoms with Crippen LogP contribution in [0, 0.1) is 0 Å². The number of aryl methyl sites for hydroxylation is 1. The van der Waals surface area contributed by atoms with E-state index in [4.69, 9.17) is 11.6 Å². The van der Waals surface area contributed by atoms with Crippen LogP contribution in [0.2, 0.25) is 0 Å². The molecule has 20 heavy (non-hydrogen) atoms. The summed E-state index contributed by atoms with van der Waals surface area (Å²) in [6.45, 7) is 0. The summed E-state index contributed by atoms with van der Waals surface area (Å²) in [6, 6.07) is 9.38. The van der Waals surface area contributed by atoms with Crippen LogP contribution < -0.4 is 0 Å². The first-order chi connectivity index (χ1) is 9.86. The first-order valence-corrected chi connectivity index (χ1v) is 7.96. The smallest absolute Gasteiger partial charge is 0.148 e. The third-order valence-electron chi connectivity index (χ3n) is 4.54. The highest BCUT2D eigenvalue weighted by Gasteiger charge is 2.33. The summed E-state index contributed by atoms with van der Waals surface area (Å²) in [5.41, 5.74) is 2.97. The van der Waals surface area contributed by atoms with E-state index in [0.717, 1.165) is 24.5 Å². The quantitative estimate of drug-likeness (QED) is 0.807. The normalized spacial score (nSPS) is 21.8. The maximum atomic E-state index is 6.01. The molecule has 3 nitrogen and oxygen atoms in total. The average molecular weight is 288 g/mol. The zero-order valence-corrected chi connectivity index (χ0v) is 12.2. The lowest BCUT2D eigenvalue weighted by Crippen LogP contribution is -2.17. The molecule has 1 fully saturated rings. The van der Waals surface area contributed by atoms with Crippen molar-refractivity contribution >= 4 is 11.6 Å². The Hall–Kier alpha value is -1.35. The minimum absolute atomic E-state index is 0.465. The van der Waals surface area contributed by atoms with Crippen LogP contribution in [0.1, 0.15) is 54.0 Å². The Morgan fingerprint density at radius 1 is 1.10 bits per heavy atom. The highest BCUT2D eigenvalue weighted by molar-refractivity contribution is 6.16. The number of halogens is 1. The summed E-state index contributed by atoms with van der Waals surface area (Å²) in [5, 5.41) is 8.78. The second-order valence-corrected chi connectivity index (χ2v) is 6.18. The predicted octanol–water partition coefficient (Wildman–Crippen LogP) is 3.62. The van der Waals surface area contributed by atoms with Gasteiger partial charge in [0.2, 0.25) is 0 Å². The second-order valence-electron chi connectivity index (χ2n) is 5.92. The summed E-state index contributed by atoms with van der Waals surface area (Å²) < 4.78 is 2.33. The molecule has 0 aliphatic heterocycles. The molecule has 0 amide bonds. The highest BCUT2D eigenvalue weighted by Crippen LogP contribution is 2.40. The van der Waals surface area contributed by atoms with Gasteiger partial charge in [0.1, 0.15) is 11.6 Å². The van der Waals surface area contributed by atoms with Gasteiger partial charge in [0.05, 0.1) is 5.88 Å². The monoisotopic (exact) mass is 287 g/mol. The van der Waals surface area contributed by atoms with Gasteiger partial charge in [-0.3, -0.25) is 0 Å². The van der Waals surface area contributed by atoms with Crippen LogP contribution in [0.4, 0.5) is 0 Å². The van der Waals surface area contributed by atoms with E-state index >= 15 is 0 Å². The van der Waals surface area contributed by atoms with E-state index in [1.165, 1.54) is 30.4 Å². The molecule has 1 atom stereocenters. The van der Waals surface area contributed by atoms with Gasteiger partial charge in [0, 0.05) is 12.0 Å². The van der Waals surface area contributed by atoms with Gasteiger partial charge in [-0.05, 0) is 43.2 Å². The van der Waals surface area contributed by atoms with E-state index in [0.29, 0.717) is 17.8 Å². The molecule has 1 aromatic carbocycles. The van der Waals surface area contributed by atoms with Crippen molar-refractivity contribution in [2.75, 3.05) is 0 Å². The molecule has 4 heteroatoms. The number of nitrogens with zero attached hydrogens (tertiary/aromatic N) is 3. The Bertz CT molecular complexity index is 630. The van der Waals surface area contributed by atoms with Crippen LogP contribution in [-0.2, 0) is 18.7 Å². The van der Waals surface area contributed by atoms with Crippen LogP contribution in [-0.4, -0.2) is 14.8 Å². The lowest BCUT2D eigenvalue weighted by atomic mass is 9.83. The largest absolute Gasteiger partial charge is 0.311 e. The summed E-state index contributed by atoms with van der Waals surface area (Å²) in [5.74, 6) is 3.07. The molecule has 2 aromatic rings. The molecule has 1 unspecified atom stereocenters. The maximum absolute atomic E-state index is 6.01. The molecular formula is C16H18ClN3. The Morgan fingerprint density at radius 2 is 1.90 bits per heavy atom. The number of benzene rings is 1. The number of rotatable bonds is 3. The molecule has 1 heterocycles. The molecule has 0 N–H and O–H groups in total. The Balaban J connectivity index is 1.68. The lowest BCUT2D eigenvalue weighted by molar-refractivity contribution is 0.516. The minimum atomic E-state index is 0.465. The molecule has 0 bridgehead atoms. The van der Waals surface area contributed by atoms with Gasteiger partial charge >= 0.3 is 0 Å². The van der Waals surface area contributed by atoms with Gasteiger partial charge in [-0.2, -0.15) is 0 Å². The third kappa shape index (κ3) is 2.05. The van der Waals surface area contributed by atoms with E-state index in [1.54, 1.807) is 0 Å². The van der Waals surface area contributed by atoms with Crippen molar-refractivity contribution in [3.63, 3.8) is 0 Å². The van der Waals surface area contributed by atoms with Crippen molar-refractivity contribution < 1.29 is 0 Å². The van der Waals surface area contributed by atoms with Gasteiger partial charge in [-0.15, -0.1) is 21.8 Å². The van der Waals surface area contributed by atoms with E-state index < -0.39 is 0 Å². The van der Waals surface area contributed by atoms with Gasteiger partial charge < -0.3 is 4.57 Å². The van der Waals surface area contributed by atoms with Crippen LogP contribution in [0.25, 0.3) is 0 Å². The second kappa shape index (κ2) is 4.88. The molecule has 2 aliphatic carbocycles. The van der Waals surface area contributed by atoms with Crippen LogP contribution in [0.5, 0.6) is 0 Å². The molecule has 0 radical (unpaired) electrons. The zero-order chi connectivity index (χ0) is 13.5. The summed E-state index contributed by atoms with van der Waals surface area (Å²) in [6.07, 6.45) is 5.90. The fourth-order valence-corrected chi connectivity index (χ4v) is 3.54. The highest BCUT2D eigenvalue weighted by atomic mass is 35.5. The van der Waals surface area contributed by atoms with E-state index in [1.807, 2.05) is 0 Å². The fraction of sp³-hybridized carbons (Fsp3) is 0.500. The summed E-state index contributed by atoms with van der Waals surface area (Å²) in [7, 11) is 0. The number of fused-ring (bicyclic) bond motifs is 1. The molecule has 2 aliphatic rings. The third-order valence-corrected chi connectivity index (χ3v) is 4.78. The zero-order valence-electron chi connectivity index (χ0n) is 11.4. The molecular weight excluding hydrogens is 270 g/mol. The molecule has 1 saturated carbocycles. The van der Waals surface area contributed by atoms with Crippen molar-refractivity contribution in [3.05, 3.63) is 47.0 Å². The average Bonchev–Trinajstić information content (AvgIpc) is 3.25. The maximum Gasteiger partial charge on any atom is 0.148 e. The first kappa shape index (κ1) is 12.4. The fourth-order valence-electron chi connectivity index (χ4n) is 3.36. The molecule has 0 spiro atoms. The van der Waals surface area contributed by atoms with Crippen molar-refractivity contribution in [1.29, 1.82) is 0 Å².